The van der Waals surface area contributed by atoms with Gasteiger partial charge in [0.2, 0.25) is 0 Å². The van der Waals surface area contributed by atoms with Crippen molar-refractivity contribution in [3.8, 4) is 0 Å². The molecule has 0 amide bonds. The molecule has 0 saturated heterocycles. The molecule has 1 N–H and O–H groups in total. The van der Waals surface area contributed by atoms with Crippen LogP contribution in [-0.2, 0) is 9.53 Å². The van der Waals surface area contributed by atoms with Gasteiger partial charge in [-0.3, -0.25) is 4.79 Å². The Morgan fingerprint density at radius 2 is 2.14 bits per heavy atom. The molecular formula is C10H19NO3. The van der Waals surface area contributed by atoms with Gasteiger partial charge in [0.05, 0.1) is 12.5 Å². The van der Waals surface area contributed by atoms with Crippen molar-refractivity contribution in [2.24, 2.45) is 0 Å². The molecule has 0 heterocycles. The van der Waals surface area contributed by atoms with E-state index in [2.05, 4.69) is 0 Å². The van der Waals surface area contributed by atoms with Crippen molar-refractivity contribution in [2.75, 3.05) is 20.7 Å². The third-order valence-corrected chi connectivity index (χ3v) is 3.05. The SMILES string of the molecule is CCOC1CC(CC(=O)O)(N(C)C)C1. The third kappa shape index (κ3) is 2.25. The predicted molar refractivity (Wildman–Crippen MR) is 53.3 cm³/mol. The van der Waals surface area contributed by atoms with Crippen LogP contribution in [0.2, 0.25) is 0 Å². The van der Waals surface area contributed by atoms with Gasteiger partial charge in [-0.25, -0.2) is 0 Å². The molecule has 0 atom stereocenters. The molecule has 1 aliphatic rings. The van der Waals surface area contributed by atoms with Crippen molar-refractivity contribution in [3.05, 3.63) is 0 Å². The third-order valence-electron chi connectivity index (χ3n) is 3.05. The van der Waals surface area contributed by atoms with E-state index in [9.17, 15) is 4.79 Å². The van der Waals surface area contributed by atoms with Crippen molar-refractivity contribution in [1.29, 1.82) is 0 Å². The maximum absolute atomic E-state index is 10.7. The lowest BCUT2D eigenvalue weighted by Crippen LogP contribution is -2.58. The average Bonchev–Trinajstić information content (AvgIpc) is 1.98. The zero-order valence-corrected chi connectivity index (χ0v) is 9.12. The zero-order valence-electron chi connectivity index (χ0n) is 9.12. The Kier molecular flexibility index (Phi) is 3.50. The van der Waals surface area contributed by atoms with Crippen molar-refractivity contribution in [2.45, 2.75) is 37.8 Å². The summed E-state index contributed by atoms with van der Waals surface area (Å²) in [5.74, 6) is -0.728. The Labute approximate surface area is 84.8 Å². The van der Waals surface area contributed by atoms with E-state index in [1.54, 1.807) is 0 Å². The Hall–Kier alpha value is -0.610. The second-order valence-corrected chi connectivity index (χ2v) is 4.17. The first-order chi connectivity index (χ1) is 6.50. The highest BCUT2D eigenvalue weighted by Gasteiger charge is 2.47. The van der Waals surface area contributed by atoms with Crippen LogP contribution in [0.3, 0.4) is 0 Å². The molecule has 0 aromatic heterocycles. The fourth-order valence-electron chi connectivity index (χ4n) is 2.09. The molecule has 82 valence electrons. The molecule has 1 fully saturated rings. The molecule has 0 bridgehead atoms. The van der Waals surface area contributed by atoms with E-state index < -0.39 is 5.97 Å². The largest absolute Gasteiger partial charge is 0.481 e. The van der Waals surface area contributed by atoms with Crippen LogP contribution in [0.25, 0.3) is 0 Å². The molecule has 4 nitrogen and oxygen atoms in total. The Bertz CT molecular complexity index is 209. The van der Waals surface area contributed by atoms with Gasteiger partial charge < -0.3 is 14.7 Å². The quantitative estimate of drug-likeness (QED) is 0.719. The Morgan fingerprint density at radius 1 is 1.57 bits per heavy atom. The first kappa shape index (κ1) is 11.5. The smallest absolute Gasteiger partial charge is 0.305 e. The predicted octanol–water partition coefficient (Wildman–Crippen LogP) is 0.960. The summed E-state index contributed by atoms with van der Waals surface area (Å²) in [5, 5.41) is 8.81. The van der Waals surface area contributed by atoms with Gasteiger partial charge >= 0.3 is 5.97 Å². The van der Waals surface area contributed by atoms with Gasteiger partial charge in [-0.05, 0) is 33.9 Å². The van der Waals surface area contributed by atoms with E-state index >= 15 is 0 Å². The van der Waals surface area contributed by atoms with Gasteiger partial charge in [0.25, 0.3) is 0 Å². The lowest BCUT2D eigenvalue weighted by atomic mass is 9.71. The number of hydrogen-bond donors (Lipinski definition) is 1. The maximum atomic E-state index is 10.7. The number of carboxylic acids is 1. The minimum atomic E-state index is -0.728. The molecule has 0 radical (unpaired) electrons. The topological polar surface area (TPSA) is 49.8 Å². The van der Waals surface area contributed by atoms with Crippen LogP contribution in [0, 0.1) is 0 Å². The van der Waals surface area contributed by atoms with Crippen LogP contribution in [-0.4, -0.2) is 48.3 Å². The molecule has 1 saturated carbocycles. The normalized spacial score (nSPS) is 31.6. The summed E-state index contributed by atoms with van der Waals surface area (Å²) in [6.45, 7) is 2.67. The zero-order chi connectivity index (χ0) is 10.8. The number of aliphatic carboxylic acids is 1. The summed E-state index contributed by atoms with van der Waals surface area (Å²) in [6, 6.07) is 0. The summed E-state index contributed by atoms with van der Waals surface area (Å²) in [6.07, 6.45) is 2.13. The minimum absolute atomic E-state index is 0.175. The molecule has 0 aliphatic heterocycles. The van der Waals surface area contributed by atoms with E-state index in [-0.39, 0.29) is 18.1 Å². The lowest BCUT2D eigenvalue weighted by molar-refractivity contribution is -0.148. The highest BCUT2D eigenvalue weighted by atomic mass is 16.5. The molecule has 1 rings (SSSR count). The van der Waals surface area contributed by atoms with Crippen LogP contribution in [0.4, 0.5) is 0 Å². The summed E-state index contributed by atoms with van der Waals surface area (Å²) >= 11 is 0. The monoisotopic (exact) mass is 201 g/mol. The number of carbonyl (C=O) groups is 1. The molecule has 14 heavy (non-hydrogen) atoms. The van der Waals surface area contributed by atoms with Crippen molar-refractivity contribution >= 4 is 5.97 Å². The fraction of sp³-hybridized carbons (Fsp3) is 0.900. The average molecular weight is 201 g/mol. The molecule has 0 spiro atoms. The standard InChI is InChI=1S/C10H19NO3/c1-4-14-8-5-10(6-8,11(2)3)7-9(12)13/h8H,4-7H2,1-3H3,(H,12,13). The summed E-state index contributed by atoms with van der Waals surface area (Å²) in [5.41, 5.74) is -0.175. The second-order valence-electron chi connectivity index (χ2n) is 4.17. The first-order valence-electron chi connectivity index (χ1n) is 5.01. The van der Waals surface area contributed by atoms with Gasteiger partial charge in [-0.1, -0.05) is 0 Å². The van der Waals surface area contributed by atoms with E-state index in [0.717, 1.165) is 12.8 Å². The lowest BCUT2D eigenvalue weighted by Gasteiger charge is -2.50. The second kappa shape index (κ2) is 4.28. The molecule has 1 aliphatic carbocycles. The maximum Gasteiger partial charge on any atom is 0.305 e. The molecule has 0 unspecified atom stereocenters. The Morgan fingerprint density at radius 3 is 2.50 bits per heavy atom. The van der Waals surface area contributed by atoms with Crippen molar-refractivity contribution < 1.29 is 14.6 Å². The van der Waals surface area contributed by atoms with Crippen LogP contribution >= 0.6 is 0 Å². The number of ether oxygens (including phenoxy) is 1. The van der Waals surface area contributed by atoms with Gasteiger partial charge in [0, 0.05) is 12.1 Å². The molecule has 4 heteroatoms. The summed E-state index contributed by atoms with van der Waals surface area (Å²) in [4.78, 5) is 12.7. The van der Waals surface area contributed by atoms with Gasteiger partial charge in [-0.2, -0.15) is 0 Å². The van der Waals surface area contributed by atoms with Crippen LogP contribution in [0.1, 0.15) is 26.2 Å². The molecule has 0 aromatic carbocycles. The van der Waals surface area contributed by atoms with Crippen LogP contribution in [0.5, 0.6) is 0 Å². The van der Waals surface area contributed by atoms with Crippen LogP contribution in [0.15, 0.2) is 0 Å². The highest BCUT2D eigenvalue weighted by molar-refractivity contribution is 5.68. The van der Waals surface area contributed by atoms with Crippen molar-refractivity contribution in [3.63, 3.8) is 0 Å². The Balaban J connectivity index is 2.49. The summed E-state index contributed by atoms with van der Waals surface area (Å²) < 4.78 is 5.45. The first-order valence-corrected chi connectivity index (χ1v) is 5.01. The minimum Gasteiger partial charge on any atom is -0.481 e. The van der Waals surface area contributed by atoms with E-state index in [1.165, 1.54) is 0 Å². The van der Waals surface area contributed by atoms with Gasteiger partial charge in [0.15, 0.2) is 0 Å². The number of carboxylic acid groups (broad SMARTS) is 1. The number of rotatable bonds is 5. The van der Waals surface area contributed by atoms with Gasteiger partial charge in [-0.15, -0.1) is 0 Å². The summed E-state index contributed by atoms with van der Waals surface area (Å²) in [7, 11) is 3.87. The van der Waals surface area contributed by atoms with E-state index in [0.29, 0.717) is 6.61 Å². The van der Waals surface area contributed by atoms with Crippen LogP contribution < -0.4 is 0 Å². The van der Waals surface area contributed by atoms with E-state index in [4.69, 9.17) is 9.84 Å². The van der Waals surface area contributed by atoms with Gasteiger partial charge in [0.1, 0.15) is 0 Å². The fourth-order valence-corrected chi connectivity index (χ4v) is 2.09. The number of nitrogens with zero attached hydrogens (tertiary/aromatic N) is 1. The molecule has 0 aromatic rings. The van der Waals surface area contributed by atoms with E-state index in [1.807, 2.05) is 25.9 Å². The molecular weight excluding hydrogens is 182 g/mol. The van der Waals surface area contributed by atoms with Crippen molar-refractivity contribution in [1.82, 2.24) is 4.90 Å². The number of hydrogen-bond acceptors (Lipinski definition) is 3. The highest BCUT2D eigenvalue weighted by Crippen LogP contribution is 2.41.